The van der Waals surface area contributed by atoms with E-state index in [9.17, 15) is 26.7 Å². The number of halogens is 7. The zero-order chi connectivity index (χ0) is 23.6. The van der Waals surface area contributed by atoms with Crippen molar-refractivity contribution < 1.29 is 40.7 Å². The molecule has 0 bridgehead atoms. The van der Waals surface area contributed by atoms with E-state index in [0.717, 1.165) is 12.1 Å². The average Bonchev–Trinajstić information content (AvgIpc) is 3.23. The van der Waals surface area contributed by atoms with Crippen molar-refractivity contribution in [2.24, 2.45) is 10.9 Å². The molecule has 2 N–H and O–H groups in total. The maximum atomic E-state index is 13.6. The van der Waals surface area contributed by atoms with Crippen molar-refractivity contribution in [3.8, 4) is 5.75 Å². The fourth-order valence-electron chi connectivity index (χ4n) is 2.30. The first kappa shape index (κ1) is 23.4. The number of nitrogens with zero attached hydrogens (tertiary/aromatic N) is 1. The summed E-state index contributed by atoms with van der Waals surface area (Å²) >= 11 is 11.7. The molecule has 32 heavy (non-hydrogen) atoms. The van der Waals surface area contributed by atoms with E-state index < -0.39 is 53.2 Å². The normalized spacial score (nSPS) is 11.5. The molecule has 0 aliphatic carbocycles. The molecule has 0 amide bonds. The molecule has 1 heterocycles. The number of carbonyl (C=O) groups is 1. The van der Waals surface area contributed by atoms with E-state index in [1.807, 2.05) is 0 Å². The quantitative estimate of drug-likeness (QED) is 0.0950. The monoisotopic (exact) mass is 494 g/mol. The molecule has 0 radical (unpaired) electrons. The SMILES string of the molecule is N/C(=N\OC(=O)c1ccc(COc2c(F)c(F)c(F)c(F)c2F)o1)c1ccc(Cl)cc1Cl. The number of benzene rings is 2. The van der Waals surface area contributed by atoms with Crippen LogP contribution in [0.5, 0.6) is 5.75 Å². The van der Waals surface area contributed by atoms with E-state index in [2.05, 4.69) is 14.7 Å². The summed E-state index contributed by atoms with van der Waals surface area (Å²) in [5, 5.41) is 3.92. The van der Waals surface area contributed by atoms with E-state index in [-0.39, 0.29) is 22.2 Å². The van der Waals surface area contributed by atoms with Gasteiger partial charge in [-0.2, -0.15) is 8.78 Å². The first-order valence-corrected chi connectivity index (χ1v) is 9.09. The number of carbonyl (C=O) groups excluding carboxylic acids is 1. The van der Waals surface area contributed by atoms with Crippen LogP contribution >= 0.6 is 23.2 Å². The van der Waals surface area contributed by atoms with Gasteiger partial charge in [0, 0.05) is 10.6 Å². The van der Waals surface area contributed by atoms with Crippen molar-refractivity contribution in [3.63, 3.8) is 0 Å². The van der Waals surface area contributed by atoms with Crippen molar-refractivity contribution in [3.05, 3.63) is 86.5 Å². The third-order valence-electron chi connectivity index (χ3n) is 3.83. The van der Waals surface area contributed by atoms with Crippen LogP contribution in [-0.4, -0.2) is 11.8 Å². The second-order valence-electron chi connectivity index (χ2n) is 5.93. The van der Waals surface area contributed by atoms with Crippen LogP contribution in [0.15, 0.2) is 39.9 Å². The highest BCUT2D eigenvalue weighted by atomic mass is 35.5. The van der Waals surface area contributed by atoms with Crippen LogP contribution in [-0.2, 0) is 11.4 Å². The van der Waals surface area contributed by atoms with Crippen LogP contribution in [0.25, 0.3) is 0 Å². The maximum Gasteiger partial charge on any atom is 0.400 e. The van der Waals surface area contributed by atoms with Crippen LogP contribution in [0.1, 0.15) is 21.9 Å². The van der Waals surface area contributed by atoms with Crippen LogP contribution in [0.2, 0.25) is 10.0 Å². The Balaban J connectivity index is 1.68. The summed E-state index contributed by atoms with van der Waals surface area (Å²) in [6.07, 6.45) is 0. The zero-order valence-corrected chi connectivity index (χ0v) is 16.9. The molecular weight excluding hydrogens is 486 g/mol. The topological polar surface area (TPSA) is 87.1 Å². The van der Waals surface area contributed by atoms with Crippen molar-refractivity contribution in [1.29, 1.82) is 0 Å². The highest BCUT2D eigenvalue weighted by Gasteiger charge is 2.27. The minimum Gasteiger partial charge on any atom is -0.479 e. The van der Waals surface area contributed by atoms with E-state index >= 15 is 0 Å². The van der Waals surface area contributed by atoms with Crippen molar-refractivity contribution in [1.82, 2.24) is 0 Å². The van der Waals surface area contributed by atoms with Crippen LogP contribution < -0.4 is 10.5 Å². The number of oxime groups is 1. The Hall–Kier alpha value is -3.31. The van der Waals surface area contributed by atoms with Crippen LogP contribution in [0.3, 0.4) is 0 Å². The third-order valence-corrected chi connectivity index (χ3v) is 4.37. The largest absolute Gasteiger partial charge is 0.479 e. The Morgan fingerprint density at radius 2 is 1.59 bits per heavy atom. The lowest BCUT2D eigenvalue weighted by Crippen LogP contribution is -2.15. The molecule has 168 valence electrons. The zero-order valence-electron chi connectivity index (χ0n) is 15.4. The van der Waals surface area contributed by atoms with Gasteiger partial charge in [-0.25, -0.2) is 18.0 Å². The molecule has 0 aliphatic rings. The van der Waals surface area contributed by atoms with Gasteiger partial charge < -0.3 is 19.7 Å². The number of nitrogens with two attached hydrogens (primary N) is 1. The Labute approximate surface area is 185 Å². The van der Waals surface area contributed by atoms with Gasteiger partial charge in [0.15, 0.2) is 11.6 Å². The number of hydrogen-bond acceptors (Lipinski definition) is 5. The maximum absolute atomic E-state index is 13.6. The molecule has 3 aromatic rings. The highest BCUT2D eigenvalue weighted by Crippen LogP contribution is 2.30. The second kappa shape index (κ2) is 9.45. The Kier molecular flexibility index (Phi) is 6.90. The number of hydrogen-bond donors (Lipinski definition) is 1. The number of amidine groups is 1. The van der Waals surface area contributed by atoms with Gasteiger partial charge in [-0.05, 0) is 30.3 Å². The molecular formula is C19H9Cl2F5N2O4. The summed E-state index contributed by atoms with van der Waals surface area (Å²) in [5.41, 5.74) is 5.92. The minimum atomic E-state index is -2.32. The van der Waals surface area contributed by atoms with Gasteiger partial charge in [-0.15, -0.1) is 0 Å². The smallest absolute Gasteiger partial charge is 0.400 e. The number of ether oxygens (including phenoxy) is 1. The molecule has 13 heteroatoms. The van der Waals surface area contributed by atoms with E-state index in [1.165, 1.54) is 18.2 Å². The molecule has 2 aromatic carbocycles. The molecule has 0 atom stereocenters. The molecule has 1 aromatic heterocycles. The fraction of sp³-hybridized carbons (Fsp3) is 0.0526. The molecule has 3 rings (SSSR count). The summed E-state index contributed by atoms with van der Waals surface area (Å²) in [5.74, 6) is -14.4. The van der Waals surface area contributed by atoms with Crippen molar-refractivity contribution in [2.45, 2.75) is 6.61 Å². The predicted octanol–water partition coefficient (Wildman–Crippen LogP) is 5.34. The lowest BCUT2D eigenvalue weighted by molar-refractivity contribution is 0.0475. The lowest BCUT2D eigenvalue weighted by atomic mass is 10.2. The minimum absolute atomic E-state index is 0.153. The van der Waals surface area contributed by atoms with E-state index in [0.29, 0.717) is 5.02 Å². The fourth-order valence-corrected chi connectivity index (χ4v) is 2.81. The van der Waals surface area contributed by atoms with Gasteiger partial charge in [0.1, 0.15) is 12.4 Å². The van der Waals surface area contributed by atoms with Crippen molar-refractivity contribution in [2.75, 3.05) is 0 Å². The summed E-state index contributed by atoms with van der Waals surface area (Å²) in [4.78, 5) is 16.6. The Morgan fingerprint density at radius 3 is 2.22 bits per heavy atom. The lowest BCUT2D eigenvalue weighted by Gasteiger charge is -2.09. The van der Waals surface area contributed by atoms with Crippen molar-refractivity contribution >= 4 is 35.0 Å². The van der Waals surface area contributed by atoms with Gasteiger partial charge >= 0.3 is 5.97 Å². The number of rotatable bonds is 6. The molecule has 0 fully saturated rings. The van der Waals surface area contributed by atoms with Gasteiger partial charge in [0.25, 0.3) is 0 Å². The average molecular weight is 495 g/mol. The summed E-state index contributed by atoms with van der Waals surface area (Å²) < 4.78 is 76.3. The first-order valence-electron chi connectivity index (χ1n) is 8.33. The number of furan rings is 1. The van der Waals surface area contributed by atoms with E-state index in [4.69, 9.17) is 33.4 Å². The van der Waals surface area contributed by atoms with Gasteiger partial charge in [0.05, 0.1) is 5.02 Å². The molecule has 0 aliphatic heterocycles. The van der Waals surface area contributed by atoms with Gasteiger partial charge in [0.2, 0.25) is 34.8 Å². The molecule has 6 nitrogen and oxygen atoms in total. The highest BCUT2D eigenvalue weighted by molar-refractivity contribution is 6.36. The Bertz CT molecular complexity index is 1200. The standard InChI is InChI=1S/C19H9Cl2F5N2O4/c20-7-1-3-9(10(21)5-7)18(27)28-32-19(29)11-4-2-8(31-11)6-30-17-15(25)13(23)12(22)14(24)16(17)26/h1-5H,6H2,(H2,27,28). The van der Waals surface area contributed by atoms with Crippen LogP contribution in [0.4, 0.5) is 22.0 Å². The van der Waals surface area contributed by atoms with Gasteiger partial charge in [-0.3, -0.25) is 0 Å². The summed E-state index contributed by atoms with van der Waals surface area (Å²) in [6, 6.07) is 6.56. The summed E-state index contributed by atoms with van der Waals surface area (Å²) in [7, 11) is 0. The summed E-state index contributed by atoms with van der Waals surface area (Å²) in [6.45, 7) is -0.766. The molecule has 0 spiro atoms. The predicted molar refractivity (Wildman–Crippen MR) is 102 cm³/mol. The second-order valence-corrected chi connectivity index (χ2v) is 6.78. The molecule has 0 unspecified atom stereocenters. The van der Waals surface area contributed by atoms with Gasteiger partial charge in [-0.1, -0.05) is 28.4 Å². The third kappa shape index (κ3) is 4.78. The van der Waals surface area contributed by atoms with E-state index in [1.54, 1.807) is 0 Å². The molecule has 0 saturated carbocycles. The molecule has 0 saturated heterocycles. The first-order chi connectivity index (χ1) is 15.1. The van der Waals surface area contributed by atoms with Crippen LogP contribution in [0, 0.1) is 29.1 Å². The Morgan fingerprint density at radius 1 is 0.969 bits per heavy atom.